The van der Waals surface area contributed by atoms with Crippen LogP contribution >= 0.6 is 0 Å². The van der Waals surface area contributed by atoms with E-state index in [4.69, 9.17) is 28.4 Å². The van der Waals surface area contributed by atoms with E-state index in [0.717, 1.165) is 227 Å². The average Bonchev–Trinajstić information content (AvgIpc) is 0.763. The van der Waals surface area contributed by atoms with Crippen molar-refractivity contribution in [3.63, 3.8) is 0 Å². The summed E-state index contributed by atoms with van der Waals surface area (Å²) < 4.78 is 292. The maximum absolute atomic E-state index is 13.9. The predicted octanol–water partition coefficient (Wildman–Crippen LogP) is 1.43. The maximum Gasteiger partial charge on any atom is 1.00 e. The van der Waals surface area contributed by atoms with Gasteiger partial charge in [-0.2, -0.15) is 0 Å². The molecule has 6 aromatic rings. The molecule has 0 saturated carbocycles. The molecule has 0 unspecified atom stereocenters. The fourth-order valence-corrected chi connectivity index (χ4v) is 18.9. The summed E-state index contributed by atoms with van der Waals surface area (Å²) in [4.78, 5) is -5.10. The zero-order valence-electron chi connectivity index (χ0n) is 77.1. The van der Waals surface area contributed by atoms with E-state index in [1.165, 1.54) is 0 Å². The second kappa shape index (κ2) is 63.1. The van der Waals surface area contributed by atoms with Gasteiger partial charge >= 0.3 is 177 Å². The molecule has 0 radical (unpaired) electrons. The third kappa shape index (κ3) is 42.3. The Kier molecular flexibility index (Phi) is 61.9. The number of fused-ring (bicyclic) bond motifs is 12. The van der Waals surface area contributed by atoms with Crippen molar-refractivity contribution < 1.29 is 284 Å². The molecule has 0 spiro atoms. The number of hydrogen-bond acceptors (Lipinski definition) is 24. The van der Waals surface area contributed by atoms with Gasteiger partial charge in [0.1, 0.15) is 95.2 Å². The van der Waals surface area contributed by atoms with E-state index >= 15 is 0 Å². The van der Waals surface area contributed by atoms with Crippen LogP contribution in [0, 0.1) is 0 Å². The standard InChI is InChI=1S/C90H132O24S6.6Na/c1-7-13-19-25-31-37-43-109-85-67-49-69-57-80(116(94,95)96)59-71(86(69)110-44-38-32-26-20-14-8-2)51-73-61-82(118(100,101)102)63-75(88(73)112-46-40-34-28-22-16-10-4)53-77-65-84(120(106,107)108)66-78(90(77)114-48-42-36-30-24-18-12-6)54-76-64-83(119(103,104)105)62-74(89(76)113-47-41-35-29-23-17-11-5)52-72-60-81(117(97,98)99)58-70(50-68(85)56-79(55-67)115(91,92)93)87(72)111-45-39-33-27-21-15-9-3;;;;;;/h55-66H,7-54H2,1-6H3,(H,91,92,93)(H,94,95,96)(H,97,98,99)(H,100,101,102)(H,103,104,105)(H,106,107,108);;;;;;/q;6*+1/p-6. The summed E-state index contributed by atoms with van der Waals surface area (Å²) in [6.45, 7) is 12.0. The van der Waals surface area contributed by atoms with Gasteiger partial charge in [-0.3, -0.25) is 0 Å². The fraction of sp³-hybridized carbons (Fsp3) is 0.600. The number of benzene rings is 6. The van der Waals surface area contributed by atoms with Crippen LogP contribution in [0.5, 0.6) is 34.5 Å². The Labute approximate surface area is 886 Å². The Bertz CT molecular complexity index is 4080. The van der Waals surface area contributed by atoms with Crippen LogP contribution in [0.15, 0.2) is 102 Å². The zero-order chi connectivity index (χ0) is 87.5. The second-order valence-corrected chi connectivity index (χ2v) is 40.2. The van der Waals surface area contributed by atoms with Crippen molar-refractivity contribution in [3.8, 4) is 34.5 Å². The van der Waals surface area contributed by atoms with Gasteiger partial charge in [-0.05, 0) is 111 Å². The molecule has 0 N–H and O–H groups in total. The smallest absolute Gasteiger partial charge is 0.744 e. The summed E-state index contributed by atoms with van der Waals surface area (Å²) in [7, 11) is -33.2. The van der Waals surface area contributed by atoms with Gasteiger partial charge in [0.2, 0.25) is 0 Å². The molecule has 1 aliphatic rings. The Morgan fingerprint density at radius 1 is 0.183 bits per heavy atom. The van der Waals surface area contributed by atoms with E-state index in [2.05, 4.69) is 41.5 Å². The Morgan fingerprint density at radius 2 is 0.278 bits per heavy atom. The molecule has 126 heavy (non-hydrogen) atoms. The molecule has 36 heteroatoms. The molecule has 12 bridgehead atoms. The summed E-state index contributed by atoms with van der Waals surface area (Å²) in [6.07, 6.45) is 24.3. The minimum absolute atomic E-state index is 0. The minimum atomic E-state index is -5.54. The van der Waals surface area contributed by atoms with E-state index in [0.29, 0.717) is 77.0 Å². The summed E-state index contributed by atoms with van der Waals surface area (Å²) in [5.74, 6) is -0.576. The first-order chi connectivity index (χ1) is 57.1. The van der Waals surface area contributed by atoms with Crippen LogP contribution < -0.4 is 206 Å². The van der Waals surface area contributed by atoms with Gasteiger partial charge in [0.25, 0.3) is 0 Å². The van der Waals surface area contributed by atoms with Crippen molar-refractivity contribution in [2.75, 3.05) is 39.6 Å². The van der Waals surface area contributed by atoms with E-state index < -0.39 is 129 Å². The van der Waals surface area contributed by atoms with Crippen molar-refractivity contribution in [2.45, 2.75) is 341 Å². The summed E-state index contributed by atoms with van der Waals surface area (Å²) >= 11 is 0. The van der Waals surface area contributed by atoms with Crippen molar-refractivity contribution in [1.82, 2.24) is 0 Å². The number of rotatable bonds is 54. The number of ether oxygens (including phenoxy) is 6. The maximum atomic E-state index is 13.9. The van der Waals surface area contributed by atoms with Gasteiger partial charge in [-0.25, -0.2) is 50.5 Å². The summed E-state index contributed by atoms with van der Waals surface area (Å²) in [5.41, 5.74) is -1.20. The monoisotopic (exact) mass is 1920 g/mol. The van der Waals surface area contributed by atoms with Crippen LogP contribution in [0.2, 0.25) is 0 Å². The third-order valence-electron chi connectivity index (χ3n) is 21.8. The Morgan fingerprint density at radius 3 is 0.373 bits per heavy atom. The van der Waals surface area contributed by atoms with Crippen LogP contribution in [0.1, 0.15) is 339 Å². The molecule has 0 fully saturated rings. The van der Waals surface area contributed by atoms with Crippen molar-refractivity contribution in [3.05, 3.63) is 140 Å². The van der Waals surface area contributed by atoms with Crippen molar-refractivity contribution in [1.29, 1.82) is 0 Å². The average molecular weight is 1920 g/mol. The first kappa shape index (κ1) is 124. The van der Waals surface area contributed by atoms with Gasteiger partial charge in [0.05, 0.1) is 69.0 Å². The van der Waals surface area contributed by atoms with Crippen LogP contribution in [-0.4, -0.2) is 117 Å². The van der Waals surface area contributed by atoms with Gasteiger partial charge in [-0.15, -0.1) is 0 Å². The molecule has 672 valence electrons. The third-order valence-corrected chi connectivity index (χ3v) is 26.7. The van der Waals surface area contributed by atoms with E-state index in [9.17, 15) is 77.8 Å². The quantitative estimate of drug-likeness (QED) is 0.0295. The van der Waals surface area contributed by atoms with Crippen LogP contribution in [0.25, 0.3) is 0 Å². The largest absolute Gasteiger partial charge is 1.00 e. The molecule has 0 atom stereocenters. The first-order valence-corrected chi connectivity index (χ1v) is 52.0. The van der Waals surface area contributed by atoms with Gasteiger partial charge < -0.3 is 55.7 Å². The van der Waals surface area contributed by atoms with Crippen molar-refractivity contribution in [2.24, 2.45) is 0 Å². The molecule has 0 aliphatic heterocycles. The summed E-state index contributed by atoms with van der Waals surface area (Å²) in [5, 5.41) is 0. The van der Waals surface area contributed by atoms with Crippen LogP contribution in [0.3, 0.4) is 0 Å². The van der Waals surface area contributed by atoms with Crippen molar-refractivity contribution >= 4 is 60.7 Å². The molecule has 0 heterocycles. The molecule has 0 aromatic heterocycles. The molecule has 1 aliphatic carbocycles. The topological polar surface area (TPSA) is 399 Å². The predicted molar refractivity (Wildman–Crippen MR) is 456 cm³/mol. The molecular weight excluding hydrogens is 1800 g/mol. The Hall–Kier alpha value is -0.420. The summed E-state index contributed by atoms with van der Waals surface area (Å²) in [6, 6.07) is 12.5. The first-order valence-electron chi connectivity index (χ1n) is 43.6. The van der Waals surface area contributed by atoms with E-state index in [1.54, 1.807) is 0 Å². The van der Waals surface area contributed by atoms with E-state index in [1.807, 2.05) is 0 Å². The van der Waals surface area contributed by atoms with Crippen LogP contribution in [0.4, 0.5) is 0 Å². The van der Waals surface area contributed by atoms with Gasteiger partial charge in [0.15, 0.2) is 0 Å². The second-order valence-electron chi connectivity index (χ2n) is 31.9. The van der Waals surface area contributed by atoms with E-state index in [-0.39, 0.29) is 318 Å². The van der Waals surface area contributed by atoms with Gasteiger partial charge in [-0.1, -0.05) is 234 Å². The molecule has 24 nitrogen and oxygen atoms in total. The fourth-order valence-electron chi connectivity index (χ4n) is 15.5. The zero-order valence-corrected chi connectivity index (χ0v) is 94.0. The molecular formula is C90H126Na6O24S6. The van der Waals surface area contributed by atoms with Gasteiger partial charge in [0, 0.05) is 105 Å². The molecule has 0 amide bonds. The molecule has 0 saturated heterocycles. The minimum Gasteiger partial charge on any atom is -0.744 e. The number of unbranched alkanes of at least 4 members (excludes halogenated alkanes) is 30. The van der Waals surface area contributed by atoms with Crippen LogP contribution in [-0.2, 0) is 99.2 Å². The number of hydrogen-bond donors (Lipinski definition) is 0. The Balaban J connectivity index is 0.0000132. The SMILES string of the molecule is CCCCCCCCOc1c2cc(S(=O)(=O)[O-])cc1Cc1cc(S(=O)(=O)[O-])cc(c1OCCCCCCCC)Cc1cc(S(=O)(=O)[O-])cc(c1OCCCCCCCC)Cc1cc(S(=O)(=O)[O-])cc(c1OCCCCCCCC)Cc1cc(S(=O)(=O)[O-])cc(c1OCCCCCCCC)Cc1cc(S(=O)(=O)[O-])cc(c1OCCCCCCCC)C2.[Na+].[Na+].[Na+].[Na+].[Na+].[Na+]. The molecule has 6 aromatic carbocycles. The normalized spacial score (nSPS) is 12.5. The molecule has 7 rings (SSSR count).